The van der Waals surface area contributed by atoms with Gasteiger partial charge in [0.2, 0.25) is 0 Å². The number of anilines is 1. The van der Waals surface area contributed by atoms with Crippen molar-refractivity contribution < 1.29 is 9.85 Å². The van der Waals surface area contributed by atoms with Crippen molar-refractivity contribution in [2.75, 3.05) is 5.73 Å². The first kappa shape index (κ1) is 29.2. The molecular formula is C19H13Br6N3O4. The van der Waals surface area contributed by atoms with Gasteiger partial charge in [0, 0.05) is 51.1 Å². The quantitative estimate of drug-likeness (QED) is 0.157. The summed E-state index contributed by atoms with van der Waals surface area (Å²) in [5.41, 5.74) is 7.33. The molecule has 0 unspecified atom stereocenters. The van der Waals surface area contributed by atoms with Gasteiger partial charge in [-0.1, -0.05) is 63.7 Å². The third-order valence-corrected chi connectivity index (χ3v) is 6.48. The number of nitro groups is 2. The second-order valence-electron chi connectivity index (χ2n) is 5.91. The number of hydrogen-bond donors (Lipinski definition) is 1. The number of rotatable bonds is 2. The highest BCUT2D eigenvalue weighted by molar-refractivity contribution is 9.11. The molecule has 0 atom stereocenters. The molecule has 3 aromatic rings. The smallest absolute Gasteiger partial charge is 0.271 e. The van der Waals surface area contributed by atoms with Gasteiger partial charge >= 0.3 is 0 Å². The summed E-state index contributed by atoms with van der Waals surface area (Å²) in [5.74, 6) is 0. The van der Waals surface area contributed by atoms with Crippen LogP contribution in [0.15, 0.2) is 75.4 Å². The first-order chi connectivity index (χ1) is 14.8. The minimum atomic E-state index is -0.477. The SMILES string of the molecule is Cc1cc(Br)cc(Br)c1.Nc1c(Br)cc([N+](=O)[O-])cc1Br.O=[N+]([O-])c1cc(Br)cc(Br)c1. The number of nitro benzene ring substituents is 2. The van der Waals surface area contributed by atoms with E-state index in [1.807, 2.05) is 6.07 Å². The molecule has 3 rings (SSSR count). The highest BCUT2D eigenvalue weighted by Gasteiger charge is 2.11. The number of aryl methyl sites for hydroxylation is 1. The third-order valence-electron chi connectivity index (χ3n) is 3.34. The fourth-order valence-electron chi connectivity index (χ4n) is 2.01. The number of hydrogen-bond acceptors (Lipinski definition) is 5. The van der Waals surface area contributed by atoms with Crippen molar-refractivity contribution in [1.29, 1.82) is 0 Å². The van der Waals surface area contributed by atoms with Crippen LogP contribution >= 0.6 is 95.6 Å². The Kier molecular flexibility index (Phi) is 12.5. The largest absolute Gasteiger partial charge is 0.397 e. The normalized spacial score (nSPS) is 9.72. The molecule has 2 N–H and O–H groups in total. The van der Waals surface area contributed by atoms with Crippen molar-refractivity contribution >= 4 is 113 Å². The maximum absolute atomic E-state index is 10.3. The molecule has 0 amide bonds. The summed E-state index contributed by atoms with van der Waals surface area (Å²) in [5, 5.41) is 20.6. The van der Waals surface area contributed by atoms with Crippen LogP contribution in [0.4, 0.5) is 17.1 Å². The first-order valence-electron chi connectivity index (χ1n) is 8.22. The first-order valence-corrected chi connectivity index (χ1v) is 13.0. The van der Waals surface area contributed by atoms with Gasteiger partial charge in [-0.25, -0.2) is 0 Å². The van der Waals surface area contributed by atoms with Gasteiger partial charge in [-0.2, -0.15) is 0 Å². The number of nitrogen functional groups attached to an aromatic ring is 1. The molecule has 0 fully saturated rings. The molecule has 170 valence electrons. The summed E-state index contributed by atoms with van der Waals surface area (Å²) in [4.78, 5) is 19.7. The lowest BCUT2D eigenvalue weighted by Gasteiger charge is -2.00. The van der Waals surface area contributed by atoms with E-state index in [2.05, 4.69) is 115 Å². The standard InChI is InChI=1S/C7H6Br2.C6H4Br2N2O2.C6H3Br2NO2/c1-5-2-6(8)4-7(9)3-5;7-4-1-3(10(11)12)2-5(8)6(4)9;7-4-1-5(8)3-6(2-4)9(10)11/h2-4H,1H3;1-2H,9H2;1-3H. The summed E-state index contributed by atoms with van der Waals surface area (Å²) in [6.45, 7) is 2.06. The lowest BCUT2D eigenvalue weighted by atomic mass is 10.2. The molecule has 0 bridgehead atoms. The molecule has 0 saturated heterocycles. The highest BCUT2D eigenvalue weighted by atomic mass is 79.9. The molecular weight excluding hydrogens is 814 g/mol. The van der Waals surface area contributed by atoms with Crippen LogP contribution in [0.2, 0.25) is 0 Å². The topological polar surface area (TPSA) is 112 Å². The van der Waals surface area contributed by atoms with Gasteiger partial charge in [0.15, 0.2) is 0 Å². The van der Waals surface area contributed by atoms with Gasteiger partial charge in [0.25, 0.3) is 11.4 Å². The Morgan fingerprint density at radius 3 is 1.25 bits per heavy atom. The van der Waals surface area contributed by atoms with E-state index in [1.165, 1.54) is 29.8 Å². The van der Waals surface area contributed by atoms with Crippen LogP contribution in [0.1, 0.15) is 5.56 Å². The van der Waals surface area contributed by atoms with E-state index < -0.39 is 9.85 Å². The molecule has 7 nitrogen and oxygen atoms in total. The molecule has 0 spiro atoms. The predicted molar refractivity (Wildman–Crippen MR) is 148 cm³/mol. The average molecular weight is 827 g/mol. The van der Waals surface area contributed by atoms with Crippen LogP contribution in [0.25, 0.3) is 0 Å². The molecule has 0 aliphatic rings. The van der Waals surface area contributed by atoms with Gasteiger partial charge in [0.05, 0.1) is 15.5 Å². The molecule has 0 radical (unpaired) electrons. The second kappa shape index (κ2) is 13.8. The zero-order chi connectivity index (χ0) is 24.6. The number of nitrogens with zero attached hydrogens (tertiary/aromatic N) is 2. The van der Waals surface area contributed by atoms with Crippen molar-refractivity contribution in [3.63, 3.8) is 0 Å². The van der Waals surface area contributed by atoms with Crippen molar-refractivity contribution in [3.05, 3.63) is 101 Å². The molecule has 0 aromatic heterocycles. The Morgan fingerprint density at radius 2 is 0.938 bits per heavy atom. The van der Waals surface area contributed by atoms with Crippen LogP contribution in [-0.2, 0) is 0 Å². The van der Waals surface area contributed by atoms with E-state index in [1.54, 1.807) is 6.07 Å². The Labute approximate surface area is 234 Å². The van der Waals surface area contributed by atoms with Crippen molar-refractivity contribution in [3.8, 4) is 0 Å². The van der Waals surface area contributed by atoms with E-state index in [0.717, 1.165) is 8.95 Å². The van der Waals surface area contributed by atoms with E-state index >= 15 is 0 Å². The van der Waals surface area contributed by atoms with Crippen LogP contribution in [0, 0.1) is 27.2 Å². The summed E-state index contributed by atoms with van der Waals surface area (Å²) in [6.07, 6.45) is 0. The van der Waals surface area contributed by atoms with Gasteiger partial charge in [-0.05, 0) is 68.6 Å². The summed E-state index contributed by atoms with van der Waals surface area (Å²) < 4.78 is 4.66. The van der Waals surface area contributed by atoms with Crippen LogP contribution in [0.3, 0.4) is 0 Å². The fraction of sp³-hybridized carbons (Fsp3) is 0.0526. The Bertz CT molecular complexity index is 1050. The fourth-order valence-corrected chi connectivity index (χ4v) is 5.97. The molecule has 0 heterocycles. The highest BCUT2D eigenvalue weighted by Crippen LogP contribution is 2.32. The van der Waals surface area contributed by atoms with Gasteiger partial charge < -0.3 is 5.73 Å². The number of non-ortho nitro benzene ring substituents is 2. The predicted octanol–water partition coefficient (Wildman–Crippen LogP) is 9.34. The van der Waals surface area contributed by atoms with Crippen LogP contribution in [0.5, 0.6) is 0 Å². The number of benzene rings is 3. The monoisotopic (exact) mass is 821 g/mol. The van der Waals surface area contributed by atoms with E-state index in [9.17, 15) is 20.2 Å². The number of halogens is 6. The zero-order valence-electron chi connectivity index (χ0n) is 16.0. The van der Waals surface area contributed by atoms with Gasteiger partial charge in [-0.3, -0.25) is 20.2 Å². The molecule has 0 aliphatic carbocycles. The van der Waals surface area contributed by atoms with Crippen molar-refractivity contribution in [2.24, 2.45) is 0 Å². The van der Waals surface area contributed by atoms with Crippen LogP contribution in [-0.4, -0.2) is 9.85 Å². The minimum absolute atomic E-state index is 0.00273. The Morgan fingerprint density at radius 1 is 0.625 bits per heavy atom. The Hall–Kier alpha value is -0.860. The van der Waals surface area contributed by atoms with Crippen LogP contribution < -0.4 is 5.73 Å². The average Bonchev–Trinajstić information content (AvgIpc) is 2.64. The molecule has 0 aliphatic heterocycles. The molecule has 32 heavy (non-hydrogen) atoms. The van der Waals surface area contributed by atoms with Crippen molar-refractivity contribution in [1.82, 2.24) is 0 Å². The maximum atomic E-state index is 10.3. The summed E-state index contributed by atoms with van der Waals surface area (Å²) in [6, 6.07) is 13.5. The van der Waals surface area contributed by atoms with E-state index in [4.69, 9.17) is 5.73 Å². The molecule has 13 heteroatoms. The summed E-state index contributed by atoms with van der Waals surface area (Å²) in [7, 11) is 0. The molecule has 0 saturated carbocycles. The minimum Gasteiger partial charge on any atom is -0.397 e. The van der Waals surface area contributed by atoms with Gasteiger partial charge in [-0.15, -0.1) is 0 Å². The van der Waals surface area contributed by atoms with E-state index in [-0.39, 0.29) is 11.4 Å². The third kappa shape index (κ3) is 10.4. The lowest BCUT2D eigenvalue weighted by Crippen LogP contribution is -1.92. The van der Waals surface area contributed by atoms with Crippen molar-refractivity contribution in [2.45, 2.75) is 6.92 Å². The lowest BCUT2D eigenvalue weighted by molar-refractivity contribution is -0.385. The van der Waals surface area contributed by atoms with E-state index in [0.29, 0.717) is 23.6 Å². The molecule has 3 aromatic carbocycles. The Balaban J connectivity index is 0.000000242. The van der Waals surface area contributed by atoms with Gasteiger partial charge in [0.1, 0.15) is 0 Å². The maximum Gasteiger partial charge on any atom is 0.271 e. The zero-order valence-corrected chi connectivity index (χ0v) is 25.5. The summed E-state index contributed by atoms with van der Waals surface area (Å²) >= 11 is 19.3. The number of nitrogens with two attached hydrogens (primary N) is 1. The second-order valence-corrected chi connectivity index (χ2v) is 11.3.